The molecule has 0 heterocycles. The number of nitrogens with one attached hydrogen (secondary N) is 2. The minimum absolute atomic E-state index is 0.492. The van der Waals surface area contributed by atoms with Crippen LogP contribution in [0.2, 0.25) is 0 Å². The Morgan fingerprint density at radius 1 is 1.41 bits per heavy atom. The molecule has 1 aromatic rings. The highest BCUT2D eigenvalue weighted by atomic mass is 127. The van der Waals surface area contributed by atoms with Gasteiger partial charge in [0, 0.05) is 27.2 Å². The standard InChI is InChI=1S/C13H20BrIN2/c1-3-6-16-8-10(2)17-9-11-7-12(15)4-5-13(11)14/h4-5,7,10,16-17H,3,6,8-9H2,1-2H3. The van der Waals surface area contributed by atoms with Crippen LogP contribution >= 0.6 is 38.5 Å². The number of halogens is 2. The lowest BCUT2D eigenvalue weighted by atomic mass is 10.2. The average molecular weight is 411 g/mol. The van der Waals surface area contributed by atoms with E-state index in [-0.39, 0.29) is 0 Å². The first-order valence-corrected chi connectivity index (χ1v) is 7.88. The zero-order valence-corrected chi connectivity index (χ0v) is 14.1. The maximum atomic E-state index is 3.59. The van der Waals surface area contributed by atoms with E-state index in [1.165, 1.54) is 20.0 Å². The molecule has 2 nitrogen and oxygen atoms in total. The summed E-state index contributed by atoms with van der Waals surface area (Å²) in [6.07, 6.45) is 1.19. The van der Waals surface area contributed by atoms with Crippen LogP contribution in [-0.2, 0) is 6.54 Å². The van der Waals surface area contributed by atoms with Crippen LogP contribution in [0.1, 0.15) is 25.8 Å². The molecule has 0 saturated heterocycles. The fourth-order valence-corrected chi connectivity index (χ4v) is 2.47. The van der Waals surface area contributed by atoms with E-state index < -0.39 is 0 Å². The van der Waals surface area contributed by atoms with Gasteiger partial charge in [0.05, 0.1) is 0 Å². The summed E-state index contributed by atoms with van der Waals surface area (Å²) < 4.78 is 2.46. The van der Waals surface area contributed by atoms with E-state index in [1.807, 2.05) is 0 Å². The molecule has 0 amide bonds. The molecular formula is C13H20BrIN2. The zero-order chi connectivity index (χ0) is 12.7. The summed E-state index contributed by atoms with van der Waals surface area (Å²) in [4.78, 5) is 0. The van der Waals surface area contributed by atoms with E-state index in [4.69, 9.17) is 0 Å². The van der Waals surface area contributed by atoms with Gasteiger partial charge in [0.1, 0.15) is 0 Å². The summed E-state index contributed by atoms with van der Waals surface area (Å²) in [6.45, 7) is 7.43. The second-order valence-corrected chi connectivity index (χ2v) is 6.32. The fraction of sp³-hybridized carbons (Fsp3) is 0.538. The van der Waals surface area contributed by atoms with Crippen LogP contribution in [0.4, 0.5) is 0 Å². The van der Waals surface area contributed by atoms with Gasteiger partial charge in [-0.15, -0.1) is 0 Å². The molecule has 0 aromatic heterocycles. The van der Waals surface area contributed by atoms with Crippen molar-refractivity contribution in [2.45, 2.75) is 32.9 Å². The highest BCUT2D eigenvalue weighted by Gasteiger charge is 2.04. The first-order valence-electron chi connectivity index (χ1n) is 6.01. The van der Waals surface area contributed by atoms with E-state index in [1.54, 1.807) is 0 Å². The third-order valence-electron chi connectivity index (χ3n) is 2.53. The van der Waals surface area contributed by atoms with E-state index in [0.717, 1.165) is 19.6 Å². The summed E-state index contributed by atoms with van der Waals surface area (Å²) in [5.41, 5.74) is 1.32. The smallest absolute Gasteiger partial charge is 0.0220 e. The monoisotopic (exact) mass is 410 g/mol. The maximum Gasteiger partial charge on any atom is 0.0220 e. The Labute approximate surface area is 126 Å². The summed E-state index contributed by atoms with van der Waals surface area (Å²) in [5, 5.41) is 6.95. The van der Waals surface area contributed by atoms with Gasteiger partial charge in [-0.2, -0.15) is 0 Å². The molecule has 96 valence electrons. The lowest BCUT2D eigenvalue weighted by Gasteiger charge is -2.15. The minimum Gasteiger partial charge on any atom is -0.315 e. The van der Waals surface area contributed by atoms with Crippen molar-refractivity contribution in [2.75, 3.05) is 13.1 Å². The van der Waals surface area contributed by atoms with E-state index in [9.17, 15) is 0 Å². The summed E-state index contributed by atoms with van der Waals surface area (Å²) in [7, 11) is 0. The molecule has 2 N–H and O–H groups in total. The average Bonchev–Trinajstić information content (AvgIpc) is 2.31. The third-order valence-corrected chi connectivity index (χ3v) is 3.97. The van der Waals surface area contributed by atoms with Crippen molar-refractivity contribution in [3.8, 4) is 0 Å². The van der Waals surface area contributed by atoms with Gasteiger partial charge in [0.2, 0.25) is 0 Å². The lowest BCUT2D eigenvalue weighted by Crippen LogP contribution is -2.36. The lowest BCUT2D eigenvalue weighted by molar-refractivity contribution is 0.501. The largest absolute Gasteiger partial charge is 0.315 e. The van der Waals surface area contributed by atoms with Crippen LogP contribution < -0.4 is 10.6 Å². The van der Waals surface area contributed by atoms with Gasteiger partial charge in [-0.3, -0.25) is 0 Å². The summed E-state index contributed by atoms with van der Waals surface area (Å²) >= 11 is 5.93. The molecular weight excluding hydrogens is 391 g/mol. The zero-order valence-electron chi connectivity index (χ0n) is 10.4. The third kappa shape index (κ3) is 6.18. The fourth-order valence-electron chi connectivity index (χ4n) is 1.53. The number of hydrogen-bond acceptors (Lipinski definition) is 2. The van der Waals surface area contributed by atoms with Gasteiger partial charge in [0.25, 0.3) is 0 Å². The quantitative estimate of drug-likeness (QED) is 0.530. The van der Waals surface area contributed by atoms with Crippen molar-refractivity contribution < 1.29 is 0 Å². The molecule has 17 heavy (non-hydrogen) atoms. The van der Waals surface area contributed by atoms with Gasteiger partial charge >= 0.3 is 0 Å². The highest BCUT2D eigenvalue weighted by molar-refractivity contribution is 14.1. The van der Waals surface area contributed by atoms with Crippen LogP contribution in [0, 0.1) is 3.57 Å². The van der Waals surface area contributed by atoms with E-state index >= 15 is 0 Å². The Morgan fingerprint density at radius 2 is 2.18 bits per heavy atom. The van der Waals surface area contributed by atoms with E-state index in [2.05, 4.69) is 81.2 Å². The molecule has 0 saturated carbocycles. The van der Waals surface area contributed by atoms with Gasteiger partial charge in [0.15, 0.2) is 0 Å². The normalized spacial score (nSPS) is 12.7. The molecule has 0 aliphatic carbocycles. The SMILES string of the molecule is CCCNCC(C)NCc1cc(I)ccc1Br. The molecule has 0 bridgehead atoms. The van der Waals surface area contributed by atoms with Crippen LogP contribution in [0.15, 0.2) is 22.7 Å². The van der Waals surface area contributed by atoms with E-state index in [0.29, 0.717) is 6.04 Å². The molecule has 0 aliphatic rings. The van der Waals surface area contributed by atoms with Gasteiger partial charge in [-0.25, -0.2) is 0 Å². The molecule has 4 heteroatoms. The Morgan fingerprint density at radius 3 is 2.88 bits per heavy atom. The second kappa shape index (κ2) is 8.45. The molecule has 0 spiro atoms. The Balaban J connectivity index is 2.36. The predicted octanol–water partition coefficient (Wildman–Crippen LogP) is 3.53. The summed E-state index contributed by atoms with van der Waals surface area (Å²) in [6, 6.07) is 6.93. The molecule has 0 fully saturated rings. The molecule has 1 aromatic carbocycles. The van der Waals surface area contributed by atoms with Crippen molar-refractivity contribution in [3.63, 3.8) is 0 Å². The highest BCUT2D eigenvalue weighted by Crippen LogP contribution is 2.19. The minimum atomic E-state index is 0.492. The van der Waals surface area contributed by atoms with Crippen molar-refractivity contribution in [1.82, 2.24) is 10.6 Å². The first-order chi connectivity index (χ1) is 8.13. The number of benzene rings is 1. The van der Waals surface area contributed by atoms with Crippen molar-refractivity contribution >= 4 is 38.5 Å². The molecule has 1 unspecified atom stereocenters. The van der Waals surface area contributed by atoms with Crippen LogP contribution in [0.3, 0.4) is 0 Å². The van der Waals surface area contributed by atoms with Crippen molar-refractivity contribution in [1.29, 1.82) is 0 Å². The first kappa shape index (κ1) is 15.4. The Kier molecular flexibility index (Phi) is 7.66. The Hall–Kier alpha value is 0.350. The predicted molar refractivity (Wildman–Crippen MR) is 86.3 cm³/mol. The van der Waals surface area contributed by atoms with Crippen molar-refractivity contribution in [2.24, 2.45) is 0 Å². The van der Waals surface area contributed by atoms with Crippen molar-refractivity contribution in [3.05, 3.63) is 31.8 Å². The topological polar surface area (TPSA) is 24.1 Å². The Bertz CT molecular complexity index is 344. The second-order valence-electron chi connectivity index (χ2n) is 4.22. The van der Waals surface area contributed by atoms with Gasteiger partial charge in [-0.05, 0) is 66.2 Å². The van der Waals surface area contributed by atoms with Crippen LogP contribution in [0.25, 0.3) is 0 Å². The number of hydrogen-bond donors (Lipinski definition) is 2. The van der Waals surface area contributed by atoms with Crippen LogP contribution in [0.5, 0.6) is 0 Å². The molecule has 0 radical (unpaired) electrons. The maximum absolute atomic E-state index is 3.59. The van der Waals surface area contributed by atoms with Gasteiger partial charge < -0.3 is 10.6 Å². The molecule has 1 atom stereocenters. The van der Waals surface area contributed by atoms with Gasteiger partial charge in [-0.1, -0.05) is 22.9 Å². The summed E-state index contributed by atoms with van der Waals surface area (Å²) in [5.74, 6) is 0. The molecule has 1 rings (SSSR count). The van der Waals surface area contributed by atoms with Crippen LogP contribution in [-0.4, -0.2) is 19.1 Å². The number of rotatable bonds is 7. The molecule has 0 aliphatic heterocycles.